The van der Waals surface area contributed by atoms with Gasteiger partial charge in [-0.25, -0.2) is 0 Å². The van der Waals surface area contributed by atoms with Gasteiger partial charge in [-0.1, -0.05) is 26.0 Å². The van der Waals surface area contributed by atoms with E-state index in [-0.39, 0.29) is 59.5 Å². The number of carbonyl (C=O) groups is 2. The number of hydrogen-bond donors (Lipinski definition) is 2. The number of fused-ring (bicyclic) bond motifs is 5. The van der Waals surface area contributed by atoms with Crippen molar-refractivity contribution in [2.24, 2.45) is 40.5 Å². The van der Waals surface area contributed by atoms with E-state index < -0.39 is 0 Å². The summed E-state index contributed by atoms with van der Waals surface area (Å²) in [7, 11) is 1.79. The molecule has 4 rings (SSSR count). The summed E-state index contributed by atoms with van der Waals surface area (Å²) < 4.78 is 0. The van der Waals surface area contributed by atoms with Crippen LogP contribution < -0.4 is 10.6 Å². The van der Waals surface area contributed by atoms with Gasteiger partial charge in [-0.15, -0.1) is 24.0 Å². The lowest BCUT2D eigenvalue weighted by Crippen LogP contribution is -2.45. The first kappa shape index (κ1) is 25.5. The summed E-state index contributed by atoms with van der Waals surface area (Å²) in [5.41, 5.74) is 0. The lowest BCUT2D eigenvalue weighted by Gasteiger charge is -2.34. The third-order valence-corrected chi connectivity index (χ3v) is 7.42. The van der Waals surface area contributed by atoms with Crippen LogP contribution in [-0.4, -0.2) is 73.9 Å². The number of hydrogen-bond acceptors (Lipinski definition) is 4. The quantitative estimate of drug-likeness (QED) is 0.120. The number of imide groups is 1. The fraction of sp³-hybridized carbons (Fsp3) is 0.792. The van der Waals surface area contributed by atoms with Crippen molar-refractivity contribution in [3.05, 3.63) is 12.2 Å². The topological polar surface area (TPSA) is 77.0 Å². The Kier molecular flexibility index (Phi) is 9.00. The summed E-state index contributed by atoms with van der Waals surface area (Å²) in [5, 5.41) is 6.82. The molecule has 5 unspecified atom stereocenters. The van der Waals surface area contributed by atoms with Crippen molar-refractivity contribution >= 4 is 41.8 Å². The minimum atomic E-state index is -0.0874. The van der Waals surface area contributed by atoms with Gasteiger partial charge < -0.3 is 15.5 Å². The summed E-state index contributed by atoms with van der Waals surface area (Å²) in [6.07, 6.45) is 8.55. The fourth-order valence-corrected chi connectivity index (χ4v) is 6.09. The monoisotopic (exact) mass is 557 g/mol. The SMILES string of the molecule is CN=C(NCCCN1C(=O)C2C3C=CC(C3)C2C1=O)NCC1CCCN(CC(C)C)C1.I. The van der Waals surface area contributed by atoms with E-state index in [1.807, 2.05) is 0 Å². The van der Waals surface area contributed by atoms with Gasteiger partial charge in [0, 0.05) is 39.8 Å². The van der Waals surface area contributed by atoms with Crippen LogP contribution in [0.15, 0.2) is 17.1 Å². The van der Waals surface area contributed by atoms with E-state index in [0.29, 0.717) is 24.9 Å². The first-order chi connectivity index (χ1) is 15.0. The molecule has 4 aliphatic rings. The van der Waals surface area contributed by atoms with Crippen LogP contribution in [0.2, 0.25) is 0 Å². The standard InChI is InChI=1S/C24H39N5O2.HI/c1-16(2)14-28-10-4-6-17(15-28)13-27-24(25-3)26-9-5-11-29-22(30)20-18-7-8-19(12-18)21(20)23(29)31;/h7-8,16-21H,4-6,9-15H2,1-3H3,(H2,25,26,27);1H. The van der Waals surface area contributed by atoms with E-state index in [1.54, 1.807) is 7.05 Å². The van der Waals surface area contributed by atoms with E-state index in [4.69, 9.17) is 0 Å². The molecule has 8 heteroatoms. The normalized spacial score (nSPS) is 31.9. The zero-order valence-electron chi connectivity index (χ0n) is 19.8. The highest BCUT2D eigenvalue weighted by molar-refractivity contribution is 14.0. The van der Waals surface area contributed by atoms with Crippen molar-refractivity contribution in [3.8, 4) is 0 Å². The summed E-state index contributed by atoms with van der Waals surface area (Å²) in [6, 6.07) is 0. The Hall–Kier alpha value is -1.16. The molecule has 0 spiro atoms. The van der Waals surface area contributed by atoms with Gasteiger partial charge in [-0.2, -0.15) is 0 Å². The van der Waals surface area contributed by atoms with Crippen LogP contribution in [0.3, 0.4) is 0 Å². The van der Waals surface area contributed by atoms with Crippen molar-refractivity contribution < 1.29 is 9.59 Å². The van der Waals surface area contributed by atoms with Crippen LogP contribution in [0.1, 0.15) is 39.5 Å². The Morgan fingerprint density at radius 1 is 1.16 bits per heavy atom. The highest BCUT2D eigenvalue weighted by Crippen LogP contribution is 2.52. The van der Waals surface area contributed by atoms with Gasteiger partial charge in [0.25, 0.3) is 0 Å². The minimum absolute atomic E-state index is 0. The van der Waals surface area contributed by atoms with E-state index in [0.717, 1.165) is 31.9 Å². The van der Waals surface area contributed by atoms with Crippen LogP contribution in [0.25, 0.3) is 0 Å². The van der Waals surface area contributed by atoms with Crippen LogP contribution in [-0.2, 0) is 9.59 Å². The number of aliphatic imine (C=N–C) groups is 1. The third kappa shape index (κ3) is 5.48. The molecular weight excluding hydrogens is 517 g/mol. The Balaban J connectivity index is 0.00000289. The van der Waals surface area contributed by atoms with E-state index in [9.17, 15) is 9.59 Å². The molecule has 5 atom stereocenters. The lowest BCUT2D eigenvalue weighted by molar-refractivity contribution is -0.140. The van der Waals surface area contributed by atoms with Gasteiger partial charge in [-0.3, -0.25) is 19.5 Å². The third-order valence-electron chi connectivity index (χ3n) is 7.42. The summed E-state index contributed by atoms with van der Waals surface area (Å²) >= 11 is 0. The molecule has 2 aliphatic carbocycles. The number of halogens is 1. The molecule has 0 aromatic carbocycles. The molecule has 2 aliphatic heterocycles. The van der Waals surface area contributed by atoms with Gasteiger partial charge in [0.15, 0.2) is 5.96 Å². The second-order valence-electron chi connectivity index (χ2n) is 10.2. The highest BCUT2D eigenvalue weighted by atomic mass is 127. The van der Waals surface area contributed by atoms with Gasteiger partial charge in [0.2, 0.25) is 11.8 Å². The number of amides is 2. The molecule has 7 nitrogen and oxygen atoms in total. The second kappa shape index (κ2) is 11.3. The summed E-state index contributed by atoms with van der Waals surface area (Å²) in [6.45, 7) is 10.2. The Morgan fingerprint density at radius 2 is 1.84 bits per heavy atom. The molecule has 0 radical (unpaired) electrons. The second-order valence-corrected chi connectivity index (χ2v) is 10.2. The molecule has 32 heavy (non-hydrogen) atoms. The number of rotatable bonds is 8. The number of carbonyl (C=O) groups excluding carboxylic acids is 2. The maximum absolute atomic E-state index is 12.8. The van der Waals surface area contributed by atoms with Crippen molar-refractivity contribution in [2.45, 2.75) is 39.5 Å². The van der Waals surface area contributed by atoms with Crippen molar-refractivity contribution in [1.82, 2.24) is 20.4 Å². The van der Waals surface area contributed by atoms with Gasteiger partial charge in [0.05, 0.1) is 11.8 Å². The van der Waals surface area contributed by atoms with Crippen molar-refractivity contribution in [2.75, 3.05) is 46.3 Å². The van der Waals surface area contributed by atoms with E-state index in [2.05, 4.69) is 46.5 Å². The first-order valence-corrected chi connectivity index (χ1v) is 12.2. The molecule has 2 bridgehead atoms. The summed E-state index contributed by atoms with van der Waals surface area (Å²) in [5.74, 6) is 2.67. The molecule has 0 aromatic heterocycles. The molecule has 0 aromatic rings. The largest absolute Gasteiger partial charge is 0.356 e. The number of guanidine groups is 1. The highest BCUT2D eigenvalue weighted by Gasteiger charge is 2.58. The average molecular weight is 558 g/mol. The molecule has 1 saturated carbocycles. The molecule has 3 fully saturated rings. The zero-order valence-corrected chi connectivity index (χ0v) is 22.1. The first-order valence-electron chi connectivity index (χ1n) is 12.2. The average Bonchev–Trinajstić information content (AvgIpc) is 3.42. The maximum atomic E-state index is 12.8. The van der Waals surface area contributed by atoms with Crippen LogP contribution >= 0.6 is 24.0 Å². The van der Waals surface area contributed by atoms with E-state index in [1.165, 1.54) is 30.8 Å². The Morgan fingerprint density at radius 3 is 2.47 bits per heavy atom. The van der Waals surface area contributed by atoms with Crippen LogP contribution in [0.4, 0.5) is 0 Å². The fourth-order valence-electron chi connectivity index (χ4n) is 6.09. The number of nitrogens with zero attached hydrogens (tertiary/aromatic N) is 3. The van der Waals surface area contributed by atoms with Crippen LogP contribution in [0, 0.1) is 35.5 Å². The number of piperidine rings is 1. The van der Waals surface area contributed by atoms with Crippen molar-refractivity contribution in [1.29, 1.82) is 0 Å². The summed E-state index contributed by atoms with van der Waals surface area (Å²) in [4.78, 5) is 33.9. The maximum Gasteiger partial charge on any atom is 0.233 e. The number of nitrogens with one attached hydrogen (secondary N) is 2. The molecule has 2 saturated heterocycles. The Labute approximate surface area is 209 Å². The van der Waals surface area contributed by atoms with Gasteiger partial charge in [0.1, 0.15) is 0 Å². The lowest BCUT2D eigenvalue weighted by atomic mass is 9.85. The molecule has 2 heterocycles. The number of allylic oxidation sites excluding steroid dienone is 2. The van der Waals surface area contributed by atoms with Crippen LogP contribution in [0.5, 0.6) is 0 Å². The molecular formula is C24H40IN5O2. The predicted molar refractivity (Wildman–Crippen MR) is 138 cm³/mol. The van der Waals surface area contributed by atoms with E-state index >= 15 is 0 Å². The smallest absolute Gasteiger partial charge is 0.233 e. The van der Waals surface area contributed by atoms with Gasteiger partial charge >= 0.3 is 0 Å². The minimum Gasteiger partial charge on any atom is -0.356 e. The predicted octanol–water partition coefficient (Wildman–Crippen LogP) is 2.33. The van der Waals surface area contributed by atoms with Gasteiger partial charge in [-0.05, 0) is 55.9 Å². The number of likely N-dealkylation sites (tertiary alicyclic amines) is 2. The molecule has 2 N–H and O–H groups in total. The zero-order chi connectivity index (χ0) is 22.0. The molecule has 180 valence electrons. The van der Waals surface area contributed by atoms with Crippen molar-refractivity contribution in [3.63, 3.8) is 0 Å². The Bertz CT molecular complexity index is 710. The molecule has 2 amide bonds.